The summed E-state index contributed by atoms with van der Waals surface area (Å²) in [6.07, 6.45) is 0.740. The molecular weight excluding hydrogens is 448 g/mol. The molecule has 3 aromatic rings. The molecule has 2 heterocycles. The standard InChI is InChI=1S/C27H28N2O4S/c1-4-33-27(32)23-21-14-15-29(17(2)3)16-22(21)34-26(23)28-25(31)20-12-10-19(11-13-20)24(30)18-8-6-5-7-9-18/h5-13,17H,4,14-16H2,1-3H3,(H,28,31). The zero-order valence-corrected chi connectivity index (χ0v) is 20.4. The van der Waals surface area contributed by atoms with Crippen molar-refractivity contribution >= 4 is 34.0 Å². The van der Waals surface area contributed by atoms with Crippen molar-refractivity contribution in [3.63, 3.8) is 0 Å². The van der Waals surface area contributed by atoms with Crippen molar-refractivity contribution in [2.45, 2.75) is 39.8 Å². The molecule has 0 spiro atoms. The van der Waals surface area contributed by atoms with E-state index in [0.29, 0.717) is 33.3 Å². The lowest BCUT2D eigenvalue weighted by Gasteiger charge is -2.30. The molecule has 176 valence electrons. The van der Waals surface area contributed by atoms with Crippen LogP contribution in [0.25, 0.3) is 0 Å². The average Bonchev–Trinajstić information content (AvgIpc) is 3.21. The number of fused-ring (bicyclic) bond motifs is 1. The van der Waals surface area contributed by atoms with Gasteiger partial charge in [0.15, 0.2) is 5.78 Å². The highest BCUT2D eigenvalue weighted by Gasteiger charge is 2.30. The molecule has 0 fully saturated rings. The molecule has 1 aliphatic rings. The Hall–Kier alpha value is -3.29. The second-order valence-corrected chi connectivity index (χ2v) is 9.57. The average molecular weight is 477 g/mol. The fraction of sp³-hybridized carbons (Fsp3) is 0.296. The van der Waals surface area contributed by atoms with E-state index in [9.17, 15) is 14.4 Å². The molecule has 1 N–H and O–H groups in total. The number of ketones is 1. The van der Waals surface area contributed by atoms with Crippen LogP contribution in [-0.2, 0) is 17.7 Å². The van der Waals surface area contributed by atoms with Crippen LogP contribution < -0.4 is 5.32 Å². The Balaban J connectivity index is 1.56. The van der Waals surface area contributed by atoms with Gasteiger partial charge in [0.25, 0.3) is 5.91 Å². The van der Waals surface area contributed by atoms with Crippen LogP contribution in [-0.4, -0.2) is 41.8 Å². The Morgan fingerprint density at radius 2 is 1.65 bits per heavy atom. The van der Waals surface area contributed by atoms with Gasteiger partial charge in [0.2, 0.25) is 0 Å². The molecule has 0 saturated carbocycles. The molecule has 1 aliphatic heterocycles. The van der Waals surface area contributed by atoms with Crippen LogP contribution in [0.4, 0.5) is 5.00 Å². The van der Waals surface area contributed by atoms with Crippen LogP contribution in [0.1, 0.15) is 67.8 Å². The molecule has 2 aromatic carbocycles. The predicted octanol–water partition coefficient (Wildman–Crippen LogP) is 5.17. The van der Waals surface area contributed by atoms with Crippen molar-refractivity contribution in [1.82, 2.24) is 4.90 Å². The molecule has 4 rings (SSSR count). The van der Waals surface area contributed by atoms with Crippen molar-refractivity contribution in [1.29, 1.82) is 0 Å². The minimum atomic E-state index is -0.405. The summed E-state index contributed by atoms with van der Waals surface area (Å²) in [7, 11) is 0. The van der Waals surface area contributed by atoms with E-state index >= 15 is 0 Å². The monoisotopic (exact) mass is 476 g/mol. The number of carbonyl (C=O) groups is 3. The number of nitrogens with zero attached hydrogens (tertiary/aromatic N) is 1. The third-order valence-corrected chi connectivity index (χ3v) is 7.10. The number of ether oxygens (including phenoxy) is 1. The third-order valence-electron chi connectivity index (χ3n) is 5.97. The first-order chi connectivity index (χ1) is 16.4. The number of rotatable bonds is 7. The Kier molecular flexibility index (Phi) is 7.24. The van der Waals surface area contributed by atoms with E-state index in [1.54, 1.807) is 43.3 Å². The topological polar surface area (TPSA) is 75.7 Å². The van der Waals surface area contributed by atoms with E-state index in [2.05, 4.69) is 24.1 Å². The summed E-state index contributed by atoms with van der Waals surface area (Å²) < 4.78 is 5.30. The number of hydrogen-bond donors (Lipinski definition) is 1. The van der Waals surface area contributed by atoms with Gasteiger partial charge in [0.05, 0.1) is 12.2 Å². The molecule has 0 aliphatic carbocycles. The second-order valence-electron chi connectivity index (χ2n) is 8.47. The summed E-state index contributed by atoms with van der Waals surface area (Å²) >= 11 is 1.44. The van der Waals surface area contributed by atoms with Gasteiger partial charge in [-0.05, 0) is 44.9 Å². The molecule has 0 radical (unpaired) electrons. The number of esters is 1. The van der Waals surface area contributed by atoms with E-state index in [1.165, 1.54) is 11.3 Å². The molecule has 1 amide bonds. The van der Waals surface area contributed by atoms with Crippen LogP contribution in [0.3, 0.4) is 0 Å². The maximum atomic E-state index is 13.0. The summed E-state index contributed by atoms with van der Waals surface area (Å²) in [5.41, 5.74) is 2.96. The Morgan fingerprint density at radius 1 is 1.00 bits per heavy atom. The first-order valence-corrected chi connectivity index (χ1v) is 12.3. The molecule has 0 saturated heterocycles. The lowest BCUT2D eigenvalue weighted by atomic mass is 10.0. The van der Waals surface area contributed by atoms with Crippen molar-refractivity contribution in [2.24, 2.45) is 0 Å². The molecule has 6 nitrogen and oxygen atoms in total. The van der Waals surface area contributed by atoms with Crippen molar-refractivity contribution in [3.05, 3.63) is 87.3 Å². The quantitative estimate of drug-likeness (QED) is 0.376. The van der Waals surface area contributed by atoms with Crippen LogP contribution in [0.15, 0.2) is 54.6 Å². The summed E-state index contributed by atoms with van der Waals surface area (Å²) in [5, 5.41) is 3.44. The number of amides is 1. The van der Waals surface area contributed by atoms with Gasteiger partial charge in [-0.15, -0.1) is 11.3 Å². The van der Waals surface area contributed by atoms with E-state index in [4.69, 9.17) is 4.74 Å². The minimum absolute atomic E-state index is 0.0993. The highest BCUT2D eigenvalue weighted by Crippen LogP contribution is 2.38. The van der Waals surface area contributed by atoms with Gasteiger partial charge >= 0.3 is 5.97 Å². The van der Waals surface area contributed by atoms with Crippen LogP contribution >= 0.6 is 11.3 Å². The second kappa shape index (κ2) is 10.3. The third kappa shape index (κ3) is 4.95. The number of thiophene rings is 1. The Labute approximate surface area is 203 Å². The SMILES string of the molecule is CCOC(=O)c1c(NC(=O)c2ccc(C(=O)c3ccccc3)cc2)sc2c1CCN(C(C)C)C2. The smallest absolute Gasteiger partial charge is 0.341 e. The summed E-state index contributed by atoms with van der Waals surface area (Å²) in [6, 6.07) is 16.0. The Morgan fingerprint density at radius 3 is 2.29 bits per heavy atom. The molecule has 1 aromatic heterocycles. The highest BCUT2D eigenvalue weighted by molar-refractivity contribution is 7.17. The summed E-state index contributed by atoms with van der Waals surface area (Å²) in [6.45, 7) is 7.95. The normalized spacial score (nSPS) is 13.4. The van der Waals surface area contributed by atoms with Crippen molar-refractivity contribution in [2.75, 3.05) is 18.5 Å². The lowest BCUT2D eigenvalue weighted by molar-refractivity contribution is 0.0526. The first-order valence-electron chi connectivity index (χ1n) is 11.5. The maximum Gasteiger partial charge on any atom is 0.341 e. The van der Waals surface area contributed by atoms with Crippen LogP contribution in [0.5, 0.6) is 0 Å². The lowest BCUT2D eigenvalue weighted by Crippen LogP contribution is -2.35. The molecular formula is C27H28N2O4S. The Bertz CT molecular complexity index is 1200. The zero-order valence-electron chi connectivity index (χ0n) is 19.6. The summed E-state index contributed by atoms with van der Waals surface area (Å²) in [4.78, 5) is 41.9. The molecule has 0 unspecified atom stereocenters. The fourth-order valence-corrected chi connectivity index (χ4v) is 5.33. The molecule has 7 heteroatoms. The van der Waals surface area contributed by atoms with Gasteiger partial charge in [-0.25, -0.2) is 4.79 Å². The number of benzene rings is 2. The first kappa shape index (κ1) is 23.9. The predicted molar refractivity (Wildman–Crippen MR) is 134 cm³/mol. The largest absolute Gasteiger partial charge is 0.462 e. The van der Waals surface area contributed by atoms with Crippen LogP contribution in [0.2, 0.25) is 0 Å². The van der Waals surface area contributed by atoms with Gasteiger partial charge in [-0.3, -0.25) is 14.5 Å². The highest BCUT2D eigenvalue weighted by atomic mass is 32.1. The van der Waals surface area contributed by atoms with Gasteiger partial charge in [-0.1, -0.05) is 42.5 Å². The number of hydrogen-bond acceptors (Lipinski definition) is 6. The number of carbonyl (C=O) groups excluding carboxylic acids is 3. The summed E-state index contributed by atoms with van der Waals surface area (Å²) in [5.74, 6) is -0.835. The van der Waals surface area contributed by atoms with Gasteiger partial charge in [0.1, 0.15) is 5.00 Å². The minimum Gasteiger partial charge on any atom is -0.462 e. The van der Waals surface area contributed by atoms with Gasteiger partial charge in [0, 0.05) is 40.7 Å². The fourth-order valence-electron chi connectivity index (χ4n) is 4.08. The maximum absolute atomic E-state index is 13.0. The molecule has 0 atom stereocenters. The van der Waals surface area contributed by atoms with E-state index in [0.717, 1.165) is 30.0 Å². The van der Waals surface area contributed by atoms with Crippen molar-refractivity contribution in [3.8, 4) is 0 Å². The van der Waals surface area contributed by atoms with Gasteiger partial charge in [-0.2, -0.15) is 0 Å². The number of anilines is 1. The van der Waals surface area contributed by atoms with Gasteiger partial charge < -0.3 is 10.1 Å². The van der Waals surface area contributed by atoms with Crippen LogP contribution in [0, 0.1) is 0 Å². The van der Waals surface area contributed by atoms with E-state index in [1.807, 2.05) is 18.2 Å². The number of nitrogens with one attached hydrogen (secondary N) is 1. The molecule has 34 heavy (non-hydrogen) atoms. The van der Waals surface area contributed by atoms with E-state index < -0.39 is 5.97 Å². The van der Waals surface area contributed by atoms with Crippen molar-refractivity contribution < 1.29 is 19.1 Å². The zero-order chi connectivity index (χ0) is 24.2. The van der Waals surface area contributed by atoms with E-state index in [-0.39, 0.29) is 18.3 Å². The molecule has 0 bridgehead atoms.